The fourth-order valence-electron chi connectivity index (χ4n) is 2.26. The van der Waals surface area contributed by atoms with Crippen molar-refractivity contribution in [3.05, 3.63) is 46.7 Å². The summed E-state index contributed by atoms with van der Waals surface area (Å²) in [6.07, 6.45) is 0. The highest BCUT2D eigenvalue weighted by atomic mass is 16.6. The molecule has 0 radical (unpaired) electrons. The number of allylic oxidation sites excluding steroid dienone is 1. The summed E-state index contributed by atoms with van der Waals surface area (Å²) in [5.41, 5.74) is 1.95. The summed E-state index contributed by atoms with van der Waals surface area (Å²) in [5, 5.41) is 14.1. The SMILES string of the molecule is COCCOC(=O)C1=C(C)NC(=O)NC1c1ccc(C#N)cc1. The molecule has 0 spiro atoms. The molecule has 0 saturated carbocycles. The number of esters is 1. The van der Waals surface area contributed by atoms with Crippen LogP contribution >= 0.6 is 0 Å². The maximum Gasteiger partial charge on any atom is 0.338 e. The van der Waals surface area contributed by atoms with Crippen molar-refractivity contribution >= 4 is 12.0 Å². The molecule has 1 atom stereocenters. The molecule has 1 aliphatic heterocycles. The van der Waals surface area contributed by atoms with Crippen LogP contribution in [0.5, 0.6) is 0 Å². The number of benzene rings is 1. The molecule has 1 heterocycles. The number of ether oxygens (including phenoxy) is 2. The van der Waals surface area contributed by atoms with Gasteiger partial charge in [-0.15, -0.1) is 0 Å². The van der Waals surface area contributed by atoms with Crippen LogP contribution < -0.4 is 10.6 Å². The largest absolute Gasteiger partial charge is 0.460 e. The molecule has 0 saturated heterocycles. The number of nitrogens with zero attached hydrogens (tertiary/aromatic N) is 1. The number of hydrogen-bond donors (Lipinski definition) is 2. The van der Waals surface area contributed by atoms with Gasteiger partial charge >= 0.3 is 12.0 Å². The first-order chi connectivity index (χ1) is 11.1. The van der Waals surface area contributed by atoms with Crippen LogP contribution in [0.25, 0.3) is 0 Å². The summed E-state index contributed by atoms with van der Waals surface area (Å²) in [6, 6.07) is 7.66. The summed E-state index contributed by atoms with van der Waals surface area (Å²) >= 11 is 0. The lowest BCUT2D eigenvalue weighted by molar-refractivity contribution is -0.140. The first kappa shape index (κ1) is 16.5. The minimum atomic E-state index is -0.633. The monoisotopic (exact) mass is 315 g/mol. The zero-order valence-corrected chi connectivity index (χ0v) is 12.9. The number of hydrogen-bond acceptors (Lipinski definition) is 5. The van der Waals surface area contributed by atoms with Gasteiger partial charge in [0, 0.05) is 12.8 Å². The highest BCUT2D eigenvalue weighted by Gasteiger charge is 2.32. The summed E-state index contributed by atoms with van der Waals surface area (Å²) in [5.74, 6) is -0.526. The second-order valence-corrected chi connectivity index (χ2v) is 4.93. The second-order valence-electron chi connectivity index (χ2n) is 4.93. The van der Waals surface area contributed by atoms with Gasteiger partial charge in [0.25, 0.3) is 0 Å². The van der Waals surface area contributed by atoms with Crippen molar-refractivity contribution in [1.82, 2.24) is 10.6 Å². The summed E-state index contributed by atoms with van der Waals surface area (Å²) in [7, 11) is 1.51. The van der Waals surface area contributed by atoms with E-state index < -0.39 is 18.0 Å². The number of amides is 2. The molecule has 1 aromatic rings. The third kappa shape index (κ3) is 3.87. The maximum atomic E-state index is 12.3. The Balaban J connectivity index is 2.30. The molecule has 1 aromatic carbocycles. The maximum absolute atomic E-state index is 12.3. The molecular formula is C16H17N3O4. The molecule has 2 rings (SSSR count). The van der Waals surface area contributed by atoms with E-state index in [4.69, 9.17) is 14.7 Å². The Morgan fingerprint density at radius 1 is 1.30 bits per heavy atom. The van der Waals surface area contributed by atoms with Crippen molar-refractivity contribution in [1.29, 1.82) is 5.26 Å². The van der Waals surface area contributed by atoms with Crippen LogP contribution in [0.1, 0.15) is 24.1 Å². The van der Waals surface area contributed by atoms with Crippen LogP contribution in [0.15, 0.2) is 35.5 Å². The van der Waals surface area contributed by atoms with Crippen LogP contribution in [0.4, 0.5) is 4.79 Å². The standard InChI is InChI=1S/C16H17N3O4/c1-10-13(15(20)23-8-7-22-2)14(19-16(21)18-10)12-5-3-11(9-17)4-6-12/h3-6,14H,7-8H2,1-2H3,(H2,18,19,21). The predicted octanol–water partition coefficient (Wildman–Crippen LogP) is 1.38. The van der Waals surface area contributed by atoms with Crippen LogP contribution in [-0.2, 0) is 14.3 Å². The van der Waals surface area contributed by atoms with Gasteiger partial charge in [-0.05, 0) is 24.6 Å². The van der Waals surface area contributed by atoms with Crippen molar-refractivity contribution < 1.29 is 19.1 Å². The molecular weight excluding hydrogens is 298 g/mol. The van der Waals surface area contributed by atoms with E-state index in [1.807, 2.05) is 6.07 Å². The molecule has 0 bridgehead atoms. The fourth-order valence-corrected chi connectivity index (χ4v) is 2.26. The van der Waals surface area contributed by atoms with Crippen LogP contribution in [0, 0.1) is 11.3 Å². The number of rotatable bonds is 5. The van der Waals surface area contributed by atoms with Crippen LogP contribution in [0.3, 0.4) is 0 Å². The Hall–Kier alpha value is -2.85. The number of carbonyl (C=O) groups excluding carboxylic acids is 2. The van der Waals surface area contributed by atoms with Gasteiger partial charge in [0.05, 0.1) is 29.9 Å². The molecule has 0 aromatic heterocycles. The quantitative estimate of drug-likeness (QED) is 0.631. The number of urea groups is 1. The van der Waals surface area contributed by atoms with Gasteiger partial charge in [-0.25, -0.2) is 9.59 Å². The van der Waals surface area contributed by atoms with Gasteiger partial charge < -0.3 is 20.1 Å². The number of nitriles is 1. The first-order valence-corrected chi connectivity index (χ1v) is 7.01. The molecule has 7 nitrogen and oxygen atoms in total. The minimum Gasteiger partial charge on any atom is -0.460 e. The highest BCUT2D eigenvalue weighted by Crippen LogP contribution is 2.27. The normalized spacial score (nSPS) is 17.1. The zero-order chi connectivity index (χ0) is 16.8. The number of nitrogens with one attached hydrogen (secondary N) is 2. The predicted molar refractivity (Wildman–Crippen MR) is 81.1 cm³/mol. The first-order valence-electron chi connectivity index (χ1n) is 7.01. The van der Waals surface area contributed by atoms with E-state index in [0.29, 0.717) is 29.0 Å². The van der Waals surface area contributed by atoms with Crippen molar-refractivity contribution in [3.8, 4) is 6.07 Å². The Bertz CT molecular complexity index is 674. The molecule has 0 aliphatic carbocycles. The Morgan fingerprint density at radius 2 is 2.00 bits per heavy atom. The highest BCUT2D eigenvalue weighted by molar-refractivity contribution is 5.95. The average Bonchev–Trinajstić information content (AvgIpc) is 2.54. The summed E-state index contributed by atoms with van der Waals surface area (Å²) in [4.78, 5) is 24.0. The Morgan fingerprint density at radius 3 is 2.61 bits per heavy atom. The van der Waals surface area contributed by atoms with Crippen molar-refractivity contribution in [2.24, 2.45) is 0 Å². The Labute approximate surface area is 133 Å². The van der Waals surface area contributed by atoms with E-state index in [9.17, 15) is 9.59 Å². The smallest absolute Gasteiger partial charge is 0.338 e. The molecule has 7 heteroatoms. The van der Waals surface area contributed by atoms with Gasteiger partial charge in [-0.1, -0.05) is 12.1 Å². The molecule has 1 aliphatic rings. The van der Waals surface area contributed by atoms with Crippen molar-refractivity contribution in [2.75, 3.05) is 20.3 Å². The van der Waals surface area contributed by atoms with Gasteiger partial charge in [0.1, 0.15) is 6.61 Å². The molecule has 2 amide bonds. The van der Waals surface area contributed by atoms with Gasteiger partial charge in [-0.2, -0.15) is 5.26 Å². The van der Waals surface area contributed by atoms with E-state index in [2.05, 4.69) is 10.6 Å². The van der Waals surface area contributed by atoms with E-state index in [-0.39, 0.29) is 6.61 Å². The van der Waals surface area contributed by atoms with E-state index in [0.717, 1.165) is 0 Å². The average molecular weight is 315 g/mol. The van der Waals surface area contributed by atoms with Gasteiger partial charge in [-0.3, -0.25) is 0 Å². The lowest BCUT2D eigenvalue weighted by Crippen LogP contribution is -2.45. The minimum absolute atomic E-state index is 0.125. The van der Waals surface area contributed by atoms with E-state index in [1.165, 1.54) is 7.11 Å². The molecule has 120 valence electrons. The molecule has 0 fully saturated rings. The number of carbonyl (C=O) groups is 2. The molecule has 2 N–H and O–H groups in total. The summed E-state index contributed by atoms with van der Waals surface area (Å²) < 4.78 is 10.0. The zero-order valence-electron chi connectivity index (χ0n) is 12.9. The third-order valence-corrected chi connectivity index (χ3v) is 3.38. The van der Waals surface area contributed by atoms with Crippen LogP contribution in [0.2, 0.25) is 0 Å². The summed E-state index contributed by atoms with van der Waals surface area (Å²) in [6.45, 7) is 2.06. The molecule has 1 unspecified atom stereocenters. The lowest BCUT2D eigenvalue weighted by Gasteiger charge is -2.28. The van der Waals surface area contributed by atoms with Crippen LogP contribution in [-0.4, -0.2) is 32.3 Å². The van der Waals surface area contributed by atoms with Gasteiger partial charge in [0.15, 0.2) is 0 Å². The van der Waals surface area contributed by atoms with Gasteiger partial charge in [0.2, 0.25) is 0 Å². The van der Waals surface area contributed by atoms with E-state index in [1.54, 1.807) is 31.2 Å². The lowest BCUT2D eigenvalue weighted by atomic mass is 9.95. The fraction of sp³-hybridized carbons (Fsp3) is 0.312. The van der Waals surface area contributed by atoms with E-state index >= 15 is 0 Å². The second kappa shape index (κ2) is 7.42. The Kier molecular flexibility index (Phi) is 5.33. The third-order valence-electron chi connectivity index (χ3n) is 3.38. The molecule has 23 heavy (non-hydrogen) atoms. The van der Waals surface area contributed by atoms with Crippen molar-refractivity contribution in [2.45, 2.75) is 13.0 Å². The van der Waals surface area contributed by atoms with Crippen molar-refractivity contribution in [3.63, 3.8) is 0 Å². The number of methoxy groups -OCH3 is 1. The topological polar surface area (TPSA) is 100 Å².